The second-order valence-electron chi connectivity index (χ2n) is 5.41. The van der Waals surface area contributed by atoms with Gasteiger partial charge < -0.3 is 5.32 Å². The maximum atomic E-state index is 3.61. The van der Waals surface area contributed by atoms with Gasteiger partial charge in [0.1, 0.15) is 0 Å². The Bertz CT molecular complexity index is 305. The lowest BCUT2D eigenvalue weighted by Crippen LogP contribution is -2.26. The van der Waals surface area contributed by atoms with Crippen LogP contribution in [0, 0.1) is 0 Å². The van der Waals surface area contributed by atoms with Gasteiger partial charge in [0, 0.05) is 22.3 Å². The highest BCUT2D eigenvalue weighted by Crippen LogP contribution is 2.29. The molecule has 1 N–H and O–H groups in total. The molecule has 0 aliphatic rings. The van der Waals surface area contributed by atoms with Crippen molar-refractivity contribution < 1.29 is 0 Å². The van der Waals surface area contributed by atoms with Crippen LogP contribution in [-0.2, 0) is 12.0 Å². The van der Waals surface area contributed by atoms with Gasteiger partial charge in [-0.15, -0.1) is 11.3 Å². The molecule has 0 unspecified atom stereocenters. The molecule has 0 atom stereocenters. The van der Waals surface area contributed by atoms with Crippen LogP contribution in [0.25, 0.3) is 0 Å². The highest BCUT2D eigenvalue weighted by atomic mass is 32.1. The molecule has 0 amide bonds. The summed E-state index contributed by atoms with van der Waals surface area (Å²) in [6, 6.07) is 5.20. The molecule has 1 rings (SSSR count). The molecule has 0 aliphatic carbocycles. The largest absolute Gasteiger partial charge is 0.309 e. The maximum absolute atomic E-state index is 3.61. The van der Waals surface area contributed by atoms with Gasteiger partial charge in [0.2, 0.25) is 0 Å². The second-order valence-corrected chi connectivity index (χ2v) is 6.58. The molecule has 0 fully saturated rings. The highest BCUT2D eigenvalue weighted by Gasteiger charge is 2.16. The summed E-state index contributed by atoms with van der Waals surface area (Å²) >= 11 is 1.94. The van der Waals surface area contributed by atoms with Crippen molar-refractivity contribution in [3.63, 3.8) is 0 Å². The monoisotopic (exact) mass is 239 g/mol. The molecule has 1 aromatic rings. The molecule has 0 saturated carbocycles. The fourth-order valence-electron chi connectivity index (χ4n) is 1.70. The van der Waals surface area contributed by atoms with E-state index in [4.69, 9.17) is 0 Å². The molecule has 92 valence electrons. The molecule has 1 heterocycles. The van der Waals surface area contributed by atoms with E-state index in [0.717, 1.165) is 6.54 Å². The van der Waals surface area contributed by atoms with Crippen molar-refractivity contribution in [2.24, 2.45) is 0 Å². The normalized spacial score (nSPS) is 12.4. The van der Waals surface area contributed by atoms with Crippen LogP contribution in [0.4, 0.5) is 0 Å². The van der Waals surface area contributed by atoms with Crippen LogP contribution >= 0.6 is 11.3 Å². The molecule has 1 nitrogen and oxygen atoms in total. The zero-order valence-electron chi connectivity index (χ0n) is 11.3. The topological polar surface area (TPSA) is 12.0 Å². The average Bonchev–Trinajstić information content (AvgIpc) is 2.67. The first-order valence-corrected chi connectivity index (χ1v) is 7.11. The van der Waals surface area contributed by atoms with E-state index in [1.165, 1.54) is 22.6 Å². The first kappa shape index (κ1) is 13.7. The Morgan fingerprint density at radius 3 is 2.25 bits per heavy atom. The molecule has 0 spiro atoms. The van der Waals surface area contributed by atoms with Crippen LogP contribution in [0.2, 0.25) is 0 Å². The quantitative estimate of drug-likeness (QED) is 0.806. The van der Waals surface area contributed by atoms with Crippen LogP contribution in [0.3, 0.4) is 0 Å². The first-order valence-electron chi connectivity index (χ1n) is 6.30. The van der Waals surface area contributed by atoms with E-state index in [1.54, 1.807) is 0 Å². The molecule has 0 aromatic carbocycles. The zero-order valence-corrected chi connectivity index (χ0v) is 12.1. The molecule has 0 aliphatic heterocycles. The lowest BCUT2D eigenvalue weighted by Gasteiger charge is -2.16. The van der Waals surface area contributed by atoms with Gasteiger partial charge in [-0.05, 0) is 30.4 Å². The molecular weight excluding hydrogens is 214 g/mol. The van der Waals surface area contributed by atoms with E-state index in [0.29, 0.717) is 6.04 Å². The Morgan fingerprint density at radius 1 is 1.19 bits per heavy atom. The minimum atomic E-state index is 0.290. The number of rotatable bonds is 5. The van der Waals surface area contributed by atoms with Crippen LogP contribution < -0.4 is 5.32 Å². The number of nitrogens with one attached hydrogen (secondary N) is 1. The highest BCUT2D eigenvalue weighted by molar-refractivity contribution is 7.12. The standard InChI is InChI=1S/C14H25NS/c1-6-11(7-2)15-10-12-8-9-13(16-12)14(3,4)5/h8-9,11,15H,6-7,10H2,1-5H3. The van der Waals surface area contributed by atoms with E-state index in [-0.39, 0.29) is 5.41 Å². The van der Waals surface area contributed by atoms with Crippen molar-refractivity contribution in [2.75, 3.05) is 0 Å². The van der Waals surface area contributed by atoms with Crippen molar-refractivity contribution in [2.45, 2.75) is 65.5 Å². The fraction of sp³-hybridized carbons (Fsp3) is 0.714. The van der Waals surface area contributed by atoms with Crippen molar-refractivity contribution in [3.05, 3.63) is 21.9 Å². The van der Waals surface area contributed by atoms with Crippen LogP contribution in [0.1, 0.15) is 57.2 Å². The van der Waals surface area contributed by atoms with Gasteiger partial charge in [-0.2, -0.15) is 0 Å². The molecule has 1 aromatic heterocycles. The molecular formula is C14H25NS. The third-order valence-electron chi connectivity index (χ3n) is 2.95. The molecule has 0 radical (unpaired) electrons. The van der Waals surface area contributed by atoms with Gasteiger partial charge in [-0.25, -0.2) is 0 Å². The summed E-state index contributed by atoms with van der Waals surface area (Å²) in [6.45, 7) is 12.3. The van der Waals surface area contributed by atoms with Crippen molar-refractivity contribution in [1.82, 2.24) is 5.32 Å². The third kappa shape index (κ3) is 3.91. The lowest BCUT2D eigenvalue weighted by atomic mass is 9.95. The first-order chi connectivity index (χ1) is 7.47. The summed E-state index contributed by atoms with van der Waals surface area (Å²) in [5, 5.41) is 3.61. The van der Waals surface area contributed by atoms with E-state index in [1.807, 2.05) is 11.3 Å². The zero-order chi connectivity index (χ0) is 12.2. The smallest absolute Gasteiger partial charge is 0.0302 e. The average molecular weight is 239 g/mol. The summed E-state index contributed by atoms with van der Waals surface area (Å²) in [4.78, 5) is 2.94. The Balaban J connectivity index is 2.53. The Labute approximate surface area is 104 Å². The summed E-state index contributed by atoms with van der Waals surface area (Å²) < 4.78 is 0. The Kier molecular flexibility index (Phi) is 5.00. The van der Waals surface area contributed by atoms with Crippen molar-refractivity contribution in [1.29, 1.82) is 0 Å². The van der Waals surface area contributed by atoms with E-state index in [2.05, 4.69) is 52.1 Å². The summed E-state index contributed by atoms with van der Waals surface area (Å²) in [5.74, 6) is 0. The predicted molar refractivity (Wildman–Crippen MR) is 74.2 cm³/mol. The molecule has 0 saturated heterocycles. The Hall–Kier alpha value is -0.340. The maximum Gasteiger partial charge on any atom is 0.0302 e. The predicted octanol–water partition coefficient (Wildman–Crippen LogP) is 4.32. The van der Waals surface area contributed by atoms with Gasteiger partial charge in [0.15, 0.2) is 0 Å². The lowest BCUT2D eigenvalue weighted by molar-refractivity contribution is 0.486. The van der Waals surface area contributed by atoms with Crippen molar-refractivity contribution in [3.8, 4) is 0 Å². The third-order valence-corrected chi connectivity index (χ3v) is 4.46. The van der Waals surface area contributed by atoms with Gasteiger partial charge in [-0.1, -0.05) is 34.6 Å². The van der Waals surface area contributed by atoms with E-state index in [9.17, 15) is 0 Å². The van der Waals surface area contributed by atoms with E-state index < -0.39 is 0 Å². The summed E-state index contributed by atoms with van der Waals surface area (Å²) in [5.41, 5.74) is 0.290. The summed E-state index contributed by atoms with van der Waals surface area (Å²) in [6.07, 6.45) is 2.43. The SMILES string of the molecule is CCC(CC)NCc1ccc(C(C)(C)C)s1. The van der Waals surface area contributed by atoms with Crippen LogP contribution in [-0.4, -0.2) is 6.04 Å². The number of hydrogen-bond acceptors (Lipinski definition) is 2. The van der Waals surface area contributed by atoms with Gasteiger partial charge >= 0.3 is 0 Å². The van der Waals surface area contributed by atoms with E-state index >= 15 is 0 Å². The Morgan fingerprint density at radius 2 is 1.81 bits per heavy atom. The van der Waals surface area contributed by atoms with Gasteiger partial charge in [-0.3, -0.25) is 0 Å². The van der Waals surface area contributed by atoms with Gasteiger partial charge in [0.05, 0.1) is 0 Å². The van der Waals surface area contributed by atoms with Crippen molar-refractivity contribution >= 4 is 11.3 Å². The second kappa shape index (κ2) is 5.83. The summed E-state index contributed by atoms with van der Waals surface area (Å²) in [7, 11) is 0. The fourth-order valence-corrected chi connectivity index (χ4v) is 2.71. The molecule has 16 heavy (non-hydrogen) atoms. The minimum Gasteiger partial charge on any atom is -0.309 e. The number of hydrogen-bond donors (Lipinski definition) is 1. The number of thiophene rings is 1. The van der Waals surface area contributed by atoms with Crippen LogP contribution in [0.5, 0.6) is 0 Å². The minimum absolute atomic E-state index is 0.290. The molecule has 2 heteroatoms. The molecule has 0 bridgehead atoms. The van der Waals surface area contributed by atoms with Gasteiger partial charge in [0.25, 0.3) is 0 Å². The van der Waals surface area contributed by atoms with Crippen LogP contribution in [0.15, 0.2) is 12.1 Å².